The standard InChI is InChI=1S/C19H19NO7S/c1-19(12-9-13(25-2)11-14(10-12)26-3)17(22)16(21)18(27-19)20-28(23,24)15-7-5-4-6-8-15/h4-11,20-21H,1-3H3. The maximum Gasteiger partial charge on any atom is 0.264 e. The third-order valence-corrected chi connectivity index (χ3v) is 5.70. The van der Waals surface area contributed by atoms with Gasteiger partial charge in [0, 0.05) is 11.6 Å². The van der Waals surface area contributed by atoms with Crippen molar-refractivity contribution in [3.05, 3.63) is 65.7 Å². The number of aliphatic hydroxyl groups excluding tert-OH is 1. The van der Waals surface area contributed by atoms with E-state index >= 15 is 0 Å². The molecule has 1 atom stereocenters. The Morgan fingerprint density at radius 1 is 1.04 bits per heavy atom. The van der Waals surface area contributed by atoms with Crippen LogP contribution in [0, 0.1) is 0 Å². The second kappa shape index (κ2) is 7.08. The van der Waals surface area contributed by atoms with Crippen molar-refractivity contribution in [1.29, 1.82) is 0 Å². The van der Waals surface area contributed by atoms with E-state index in [1.54, 1.807) is 36.4 Å². The summed E-state index contributed by atoms with van der Waals surface area (Å²) in [6, 6.07) is 12.2. The summed E-state index contributed by atoms with van der Waals surface area (Å²) in [7, 11) is -1.15. The predicted molar refractivity (Wildman–Crippen MR) is 99.4 cm³/mol. The minimum atomic E-state index is -4.05. The van der Waals surface area contributed by atoms with Crippen LogP contribution < -0.4 is 14.2 Å². The Bertz CT molecular complexity index is 1020. The number of ether oxygens (including phenoxy) is 3. The number of nitrogens with one attached hydrogen (secondary N) is 1. The highest BCUT2D eigenvalue weighted by Crippen LogP contribution is 2.40. The van der Waals surface area contributed by atoms with E-state index < -0.39 is 33.0 Å². The molecule has 1 unspecified atom stereocenters. The molecular formula is C19H19NO7S. The van der Waals surface area contributed by atoms with E-state index in [-0.39, 0.29) is 4.90 Å². The first-order chi connectivity index (χ1) is 13.2. The van der Waals surface area contributed by atoms with Gasteiger partial charge in [0.05, 0.1) is 19.1 Å². The number of methoxy groups -OCH3 is 2. The molecule has 0 bridgehead atoms. The van der Waals surface area contributed by atoms with Gasteiger partial charge in [0.25, 0.3) is 15.8 Å². The quantitative estimate of drug-likeness (QED) is 0.758. The summed E-state index contributed by atoms with van der Waals surface area (Å²) in [5.74, 6) is -1.34. The molecule has 3 rings (SSSR count). The van der Waals surface area contributed by atoms with Gasteiger partial charge in [-0.2, -0.15) is 0 Å². The van der Waals surface area contributed by atoms with Gasteiger partial charge in [-0.15, -0.1) is 0 Å². The van der Waals surface area contributed by atoms with Crippen LogP contribution >= 0.6 is 0 Å². The fourth-order valence-corrected chi connectivity index (χ4v) is 3.77. The lowest BCUT2D eigenvalue weighted by atomic mass is 9.91. The number of Topliss-reactive ketones (excluding diaryl/α,β-unsaturated/α-hetero) is 1. The van der Waals surface area contributed by atoms with Gasteiger partial charge in [-0.1, -0.05) is 18.2 Å². The lowest BCUT2D eigenvalue weighted by Crippen LogP contribution is -2.32. The van der Waals surface area contributed by atoms with Crippen LogP contribution in [0.25, 0.3) is 0 Å². The summed E-state index contributed by atoms with van der Waals surface area (Å²) < 4.78 is 43.1. The summed E-state index contributed by atoms with van der Waals surface area (Å²) in [6.45, 7) is 1.42. The molecule has 0 aromatic heterocycles. The molecule has 0 aliphatic carbocycles. The Kier molecular flexibility index (Phi) is 4.95. The van der Waals surface area contributed by atoms with Crippen molar-refractivity contribution >= 4 is 15.8 Å². The van der Waals surface area contributed by atoms with Crippen molar-refractivity contribution in [3.63, 3.8) is 0 Å². The molecule has 0 spiro atoms. The Morgan fingerprint density at radius 3 is 2.14 bits per heavy atom. The third kappa shape index (κ3) is 3.36. The topological polar surface area (TPSA) is 111 Å². The maximum absolute atomic E-state index is 12.7. The molecule has 0 radical (unpaired) electrons. The number of aliphatic hydroxyl groups is 1. The fourth-order valence-electron chi connectivity index (χ4n) is 2.75. The van der Waals surface area contributed by atoms with Crippen LogP contribution in [0.5, 0.6) is 11.5 Å². The first kappa shape index (κ1) is 19.6. The molecule has 148 valence electrons. The van der Waals surface area contributed by atoms with Crippen LogP contribution in [-0.4, -0.2) is 33.5 Å². The minimum Gasteiger partial charge on any atom is -0.501 e. The van der Waals surface area contributed by atoms with Crippen molar-refractivity contribution in [2.24, 2.45) is 0 Å². The Balaban J connectivity index is 1.96. The molecule has 2 N–H and O–H groups in total. The maximum atomic E-state index is 12.7. The van der Waals surface area contributed by atoms with Crippen LogP contribution in [-0.2, 0) is 25.2 Å². The van der Waals surface area contributed by atoms with E-state index in [1.165, 1.54) is 33.3 Å². The van der Waals surface area contributed by atoms with E-state index in [4.69, 9.17) is 14.2 Å². The number of carbonyl (C=O) groups is 1. The monoisotopic (exact) mass is 405 g/mol. The smallest absolute Gasteiger partial charge is 0.264 e. The number of hydrogen-bond acceptors (Lipinski definition) is 7. The zero-order valence-electron chi connectivity index (χ0n) is 15.4. The lowest BCUT2D eigenvalue weighted by molar-refractivity contribution is -0.131. The molecule has 9 heteroatoms. The minimum absolute atomic E-state index is 0.0389. The Labute approximate surface area is 162 Å². The second-order valence-corrected chi connectivity index (χ2v) is 7.84. The van der Waals surface area contributed by atoms with Crippen LogP contribution in [0.4, 0.5) is 0 Å². The first-order valence-corrected chi connectivity index (χ1v) is 9.68. The largest absolute Gasteiger partial charge is 0.501 e. The van der Waals surface area contributed by atoms with Gasteiger partial charge in [0.2, 0.25) is 11.6 Å². The van der Waals surface area contributed by atoms with Crippen LogP contribution in [0.15, 0.2) is 65.1 Å². The SMILES string of the molecule is COc1cc(OC)cc(C2(C)OC(NS(=O)(=O)c3ccccc3)=C(O)C2=O)c1. The van der Waals surface area contributed by atoms with Gasteiger partial charge in [-0.3, -0.25) is 4.79 Å². The molecule has 2 aromatic carbocycles. The molecule has 1 aliphatic heterocycles. The van der Waals surface area contributed by atoms with Gasteiger partial charge in [0.15, 0.2) is 5.60 Å². The molecular weight excluding hydrogens is 386 g/mol. The predicted octanol–water partition coefficient (Wildman–Crippen LogP) is 2.22. The van der Waals surface area contributed by atoms with Crippen molar-refractivity contribution in [2.45, 2.75) is 17.4 Å². The second-order valence-electron chi connectivity index (χ2n) is 6.16. The van der Waals surface area contributed by atoms with E-state index in [0.717, 1.165) is 0 Å². The van der Waals surface area contributed by atoms with Gasteiger partial charge < -0.3 is 19.3 Å². The Hall–Kier alpha value is -3.20. The summed E-state index contributed by atoms with van der Waals surface area (Å²) in [5.41, 5.74) is -1.34. The molecule has 8 nitrogen and oxygen atoms in total. The normalized spacial score (nSPS) is 19.3. The van der Waals surface area contributed by atoms with Crippen molar-refractivity contribution in [2.75, 3.05) is 14.2 Å². The Morgan fingerprint density at radius 2 is 1.61 bits per heavy atom. The average Bonchev–Trinajstić information content (AvgIpc) is 2.92. The van der Waals surface area contributed by atoms with Crippen molar-refractivity contribution in [1.82, 2.24) is 4.72 Å². The first-order valence-electron chi connectivity index (χ1n) is 8.20. The highest BCUT2D eigenvalue weighted by Gasteiger charge is 2.49. The molecule has 28 heavy (non-hydrogen) atoms. The van der Waals surface area contributed by atoms with E-state index in [2.05, 4.69) is 4.72 Å². The van der Waals surface area contributed by atoms with E-state index in [9.17, 15) is 18.3 Å². The van der Waals surface area contributed by atoms with Crippen LogP contribution in [0.1, 0.15) is 12.5 Å². The molecule has 2 aromatic rings. The summed E-state index contributed by atoms with van der Waals surface area (Å²) in [5, 5.41) is 10.2. The van der Waals surface area contributed by atoms with Gasteiger partial charge in [0.1, 0.15) is 11.5 Å². The summed E-state index contributed by atoms with van der Waals surface area (Å²) >= 11 is 0. The highest BCUT2D eigenvalue weighted by molar-refractivity contribution is 7.89. The number of sulfonamides is 1. The molecule has 0 amide bonds. The van der Waals surface area contributed by atoms with Crippen LogP contribution in [0.3, 0.4) is 0 Å². The fraction of sp³-hybridized carbons (Fsp3) is 0.211. The summed E-state index contributed by atoms with van der Waals surface area (Å²) in [6.07, 6.45) is 0. The van der Waals surface area contributed by atoms with E-state index in [0.29, 0.717) is 17.1 Å². The van der Waals surface area contributed by atoms with Crippen LogP contribution in [0.2, 0.25) is 0 Å². The number of rotatable bonds is 6. The van der Waals surface area contributed by atoms with Gasteiger partial charge in [-0.05, 0) is 31.2 Å². The van der Waals surface area contributed by atoms with Crippen molar-refractivity contribution in [3.8, 4) is 11.5 Å². The van der Waals surface area contributed by atoms with E-state index in [1.807, 2.05) is 0 Å². The molecule has 0 saturated carbocycles. The molecule has 1 aliphatic rings. The zero-order valence-corrected chi connectivity index (χ0v) is 16.2. The molecule has 1 heterocycles. The average molecular weight is 405 g/mol. The zero-order chi connectivity index (χ0) is 20.5. The number of ketones is 1. The number of carbonyl (C=O) groups excluding carboxylic acids is 1. The summed E-state index contributed by atoms with van der Waals surface area (Å²) in [4.78, 5) is 12.7. The highest BCUT2D eigenvalue weighted by atomic mass is 32.2. The molecule has 0 saturated heterocycles. The van der Waals surface area contributed by atoms with Gasteiger partial charge >= 0.3 is 0 Å². The number of benzene rings is 2. The third-order valence-electron chi connectivity index (χ3n) is 4.35. The van der Waals surface area contributed by atoms with Crippen molar-refractivity contribution < 1.29 is 32.5 Å². The number of hydrogen-bond donors (Lipinski definition) is 2. The van der Waals surface area contributed by atoms with Gasteiger partial charge in [-0.25, -0.2) is 13.1 Å². The molecule has 0 fully saturated rings. The lowest BCUT2D eigenvalue weighted by Gasteiger charge is -2.24.